The van der Waals surface area contributed by atoms with Crippen molar-refractivity contribution >= 4 is 34.0 Å². The number of pyridine rings is 1. The molecule has 2 aromatic rings. The minimum absolute atomic E-state index is 0.0319. The van der Waals surface area contributed by atoms with Crippen molar-refractivity contribution in [2.24, 2.45) is 17.1 Å². The third-order valence-corrected chi connectivity index (χ3v) is 6.60. The first-order chi connectivity index (χ1) is 14.1. The van der Waals surface area contributed by atoms with Crippen LogP contribution in [-0.2, 0) is 0 Å². The fourth-order valence-electron chi connectivity index (χ4n) is 4.73. The average Bonchev–Trinajstić information content (AvgIpc) is 3.44. The number of carbonyl (C=O) groups is 2. The van der Waals surface area contributed by atoms with Gasteiger partial charge in [-0.1, -0.05) is 13.8 Å². The molecule has 160 valence electrons. The summed E-state index contributed by atoms with van der Waals surface area (Å²) in [5.41, 5.74) is 13.1. The number of nitrogens with zero attached hydrogens (tertiary/aromatic N) is 2. The van der Waals surface area contributed by atoms with Crippen molar-refractivity contribution < 1.29 is 14.7 Å². The lowest BCUT2D eigenvalue weighted by molar-refractivity contribution is 0.0694. The van der Waals surface area contributed by atoms with Crippen LogP contribution >= 0.6 is 0 Å². The molecule has 1 aliphatic heterocycles. The molecule has 0 bridgehead atoms. The highest BCUT2D eigenvalue weighted by molar-refractivity contribution is 6.14. The van der Waals surface area contributed by atoms with Crippen molar-refractivity contribution in [1.29, 1.82) is 0 Å². The molecule has 1 aromatic heterocycles. The van der Waals surface area contributed by atoms with E-state index < -0.39 is 11.4 Å². The van der Waals surface area contributed by atoms with E-state index in [0.29, 0.717) is 36.4 Å². The predicted molar refractivity (Wildman–Crippen MR) is 116 cm³/mol. The molecule has 5 N–H and O–H groups in total. The second-order valence-corrected chi connectivity index (χ2v) is 9.26. The normalized spacial score (nSPS) is 20.7. The van der Waals surface area contributed by atoms with E-state index >= 15 is 0 Å². The van der Waals surface area contributed by atoms with Gasteiger partial charge >= 0.3 is 5.97 Å². The average molecular weight is 412 g/mol. The predicted octanol–water partition coefficient (Wildman–Crippen LogP) is 2.24. The van der Waals surface area contributed by atoms with Gasteiger partial charge in [0.25, 0.3) is 0 Å². The number of fused-ring (bicyclic) bond motifs is 1. The van der Waals surface area contributed by atoms with Crippen LogP contribution in [0.4, 0.5) is 11.4 Å². The van der Waals surface area contributed by atoms with E-state index in [4.69, 9.17) is 11.5 Å². The van der Waals surface area contributed by atoms with Crippen LogP contribution in [0.2, 0.25) is 0 Å². The van der Waals surface area contributed by atoms with Gasteiger partial charge in [-0.05, 0) is 43.7 Å². The fraction of sp³-hybridized carbons (Fsp3) is 0.500. The molecule has 1 unspecified atom stereocenters. The molecule has 1 saturated heterocycles. The molecule has 2 fully saturated rings. The molecular formula is C22H28N4O4. The Bertz CT molecular complexity index is 1130. The number of aromatic nitrogens is 1. The highest BCUT2D eigenvalue weighted by atomic mass is 16.4. The maximum Gasteiger partial charge on any atom is 0.341 e. The zero-order valence-electron chi connectivity index (χ0n) is 17.6. The van der Waals surface area contributed by atoms with E-state index in [1.165, 1.54) is 13.1 Å². The third-order valence-electron chi connectivity index (χ3n) is 6.60. The Balaban J connectivity index is 2.05. The lowest BCUT2D eigenvalue weighted by Gasteiger charge is -2.26. The first kappa shape index (κ1) is 20.4. The summed E-state index contributed by atoms with van der Waals surface area (Å²) in [6, 6.07) is 1.71. The summed E-state index contributed by atoms with van der Waals surface area (Å²) >= 11 is 0. The summed E-state index contributed by atoms with van der Waals surface area (Å²) in [6.45, 7) is 7.72. The number of carboxylic acid groups (broad SMARTS) is 1. The first-order valence-corrected chi connectivity index (χ1v) is 10.3. The van der Waals surface area contributed by atoms with Gasteiger partial charge in [-0.25, -0.2) is 4.79 Å². The summed E-state index contributed by atoms with van der Waals surface area (Å²) in [4.78, 5) is 39.6. The van der Waals surface area contributed by atoms with E-state index in [9.17, 15) is 19.5 Å². The number of hydrogen-bond acceptors (Lipinski definition) is 6. The summed E-state index contributed by atoms with van der Waals surface area (Å²) < 4.78 is 1.78. The molecule has 2 aliphatic rings. The second-order valence-electron chi connectivity index (χ2n) is 9.26. The Kier molecular flexibility index (Phi) is 4.65. The Morgan fingerprint density at radius 3 is 2.47 bits per heavy atom. The highest BCUT2D eigenvalue weighted by Crippen LogP contribution is 2.44. The molecule has 0 spiro atoms. The number of ketones is 1. The van der Waals surface area contributed by atoms with Gasteiger partial charge in [0.1, 0.15) is 5.56 Å². The Labute approximate surface area is 174 Å². The van der Waals surface area contributed by atoms with Crippen LogP contribution < -0.4 is 21.8 Å². The fourth-order valence-corrected chi connectivity index (χ4v) is 4.73. The topological polar surface area (TPSA) is 132 Å². The number of Topliss-reactive ketones (excluding diaryl/α,β-unsaturated/α-hetero) is 1. The lowest BCUT2D eigenvalue weighted by Crippen LogP contribution is -2.28. The van der Waals surface area contributed by atoms with Gasteiger partial charge in [0.05, 0.1) is 22.2 Å². The number of nitrogens with two attached hydrogens (primary N) is 2. The molecule has 1 aliphatic carbocycles. The van der Waals surface area contributed by atoms with Gasteiger partial charge in [-0.2, -0.15) is 0 Å². The Morgan fingerprint density at radius 1 is 1.30 bits per heavy atom. The molecule has 30 heavy (non-hydrogen) atoms. The van der Waals surface area contributed by atoms with E-state index in [0.717, 1.165) is 12.8 Å². The number of anilines is 2. The number of aromatic carboxylic acids is 1. The SMILES string of the molecule is CC(=O)c1c(N2CC(CN)C(C)(C)C2)cc(N)c2c(=O)c(C(=O)O)cn(C3CC3)c12. The summed E-state index contributed by atoms with van der Waals surface area (Å²) in [5.74, 6) is -1.22. The number of benzene rings is 1. The summed E-state index contributed by atoms with van der Waals surface area (Å²) in [7, 11) is 0. The van der Waals surface area contributed by atoms with Crippen molar-refractivity contribution in [3.8, 4) is 0 Å². The zero-order chi connectivity index (χ0) is 22.0. The molecule has 8 heteroatoms. The Hall–Kier alpha value is -2.87. The van der Waals surface area contributed by atoms with Crippen molar-refractivity contribution in [1.82, 2.24) is 4.57 Å². The van der Waals surface area contributed by atoms with E-state index in [2.05, 4.69) is 18.7 Å². The van der Waals surface area contributed by atoms with Crippen LogP contribution in [0, 0.1) is 11.3 Å². The molecule has 1 aromatic carbocycles. The van der Waals surface area contributed by atoms with Crippen molar-refractivity contribution in [2.45, 2.75) is 39.7 Å². The number of carbonyl (C=O) groups excluding carboxylic acids is 1. The third kappa shape index (κ3) is 3.06. The van der Waals surface area contributed by atoms with E-state index in [-0.39, 0.29) is 39.8 Å². The molecule has 8 nitrogen and oxygen atoms in total. The van der Waals surface area contributed by atoms with Crippen molar-refractivity contribution in [2.75, 3.05) is 30.3 Å². The van der Waals surface area contributed by atoms with Crippen LogP contribution in [-0.4, -0.2) is 41.1 Å². The maximum atomic E-state index is 13.0. The largest absolute Gasteiger partial charge is 0.477 e. The van der Waals surface area contributed by atoms with Crippen LogP contribution in [0.15, 0.2) is 17.1 Å². The lowest BCUT2D eigenvalue weighted by atomic mass is 9.82. The molecule has 0 radical (unpaired) electrons. The first-order valence-electron chi connectivity index (χ1n) is 10.3. The van der Waals surface area contributed by atoms with E-state index in [1.807, 2.05) is 0 Å². The molecule has 1 atom stereocenters. The summed E-state index contributed by atoms with van der Waals surface area (Å²) in [6.07, 6.45) is 3.10. The van der Waals surface area contributed by atoms with Gasteiger partial charge in [-0.3, -0.25) is 9.59 Å². The molecule has 4 rings (SSSR count). The van der Waals surface area contributed by atoms with E-state index in [1.54, 1.807) is 10.6 Å². The standard InChI is InChI=1S/C22H28N4O4/c1-11(27)17-16(25-8-12(7-23)22(2,3)10-25)6-15(24)18-19(17)26(13-4-5-13)9-14(20(18)28)21(29)30/h6,9,12-13H,4-5,7-8,10,23-24H2,1-3H3,(H,29,30). The van der Waals surface area contributed by atoms with Crippen LogP contribution in [0.5, 0.6) is 0 Å². The quantitative estimate of drug-likeness (QED) is 0.507. The minimum Gasteiger partial charge on any atom is -0.477 e. The maximum absolute atomic E-state index is 13.0. The zero-order valence-corrected chi connectivity index (χ0v) is 17.6. The number of hydrogen-bond donors (Lipinski definition) is 3. The van der Waals surface area contributed by atoms with Crippen LogP contribution in [0.25, 0.3) is 10.9 Å². The van der Waals surface area contributed by atoms with Crippen molar-refractivity contribution in [3.63, 3.8) is 0 Å². The number of nitrogen functional groups attached to an aromatic ring is 1. The van der Waals surface area contributed by atoms with Crippen LogP contribution in [0.3, 0.4) is 0 Å². The van der Waals surface area contributed by atoms with Crippen LogP contribution in [0.1, 0.15) is 60.4 Å². The highest BCUT2D eigenvalue weighted by Gasteiger charge is 2.40. The minimum atomic E-state index is -1.30. The van der Waals surface area contributed by atoms with Gasteiger partial charge in [0.15, 0.2) is 5.78 Å². The van der Waals surface area contributed by atoms with Gasteiger partial charge in [-0.15, -0.1) is 0 Å². The molecule has 0 amide bonds. The van der Waals surface area contributed by atoms with Gasteiger partial charge in [0.2, 0.25) is 5.43 Å². The Morgan fingerprint density at radius 2 is 1.97 bits per heavy atom. The second kappa shape index (κ2) is 6.84. The molecular weight excluding hydrogens is 384 g/mol. The van der Waals surface area contributed by atoms with Gasteiger partial charge < -0.3 is 26.0 Å². The smallest absolute Gasteiger partial charge is 0.341 e. The number of rotatable bonds is 5. The van der Waals surface area contributed by atoms with Crippen molar-refractivity contribution in [3.05, 3.63) is 33.6 Å². The van der Waals surface area contributed by atoms with Gasteiger partial charge in [0, 0.05) is 31.0 Å². The number of carboxylic acids is 1. The molecule has 2 heterocycles. The molecule has 1 saturated carbocycles. The monoisotopic (exact) mass is 412 g/mol. The summed E-state index contributed by atoms with van der Waals surface area (Å²) in [5, 5.41) is 9.64.